The number of rotatable bonds is 7. The van der Waals surface area contributed by atoms with E-state index in [-0.39, 0.29) is 12.3 Å². The summed E-state index contributed by atoms with van der Waals surface area (Å²) in [5.74, 6) is 0.766. The molecule has 1 heterocycles. The monoisotopic (exact) mass is 302 g/mol. The molecule has 0 saturated carbocycles. The minimum absolute atomic E-state index is 0.0511. The van der Waals surface area contributed by atoms with Crippen molar-refractivity contribution in [3.05, 3.63) is 48.0 Å². The molecule has 5 heteroatoms. The van der Waals surface area contributed by atoms with E-state index >= 15 is 0 Å². The first kappa shape index (κ1) is 15.3. The Kier molecular flexibility index (Phi) is 5.51. The third-order valence-corrected chi connectivity index (χ3v) is 3.68. The number of carbonyl (C=O) groups excluding carboxylic acids is 1. The average Bonchev–Trinajstić information content (AvgIpc) is 2.94. The van der Waals surface area contributed by atoms with Crippen LogP contribution in [0.2, 0.25) is 0 Å². The van der Waals surface area contributed by atoms with Crippen LogP contribution < -0.4 is 10.1 Å². The third kappa shape index (κ3) is 4.16. The van der Waals surface area contributed by atoms with Gasteiger partial charge in [0.25, 0.3) is 0 Å². The molecule has 0 aliphatic carbocycles. The molecule has 0 unspecified atom stereocenters. The van der Waals surface area contributed by atoms with Crippen molar-refractivity contribution in [2.24, 2.45) is 0 Å². The molecule has 110 valence electrons. The molecule has 0 bridgehead atoms. The quantitative estimate of drug-likeness (QED) is 0.800. The number of amides is 1. The van der Waals surface area contributed by atoms with E-state index in [1.807, 2.05) is 36.6 Å². The van der Waals surface area contributed by atoms with Gasteiger partial charge < -0.3 is 10.1 Å². The van der Waals surface area contributed by atoms with Crippen LogP contribution in [0, 0.1) is 0 Å². The zero-order valence-corrected chi connectivity index (χ0v) is 12.8. The van der Waals surface area contributed by atoms with Gasteiger partial charge in [0.15, 0.2) is 0 Å². The van der Waals surface area contributed by atoms with E-state index in [0.717, 1.165) is 22.0 Å². The molecular formula is C16H18N2O2S. The molecule has 0 aliphatic heterocycles. The van der Waals surface area contributed by atoms with Gasteiger partial charge in [-0.1, -0.05) is 18.2 Å². The highest BCUT2D eigenvalue weighted by molar-refractivity contribution is 7.13. The van der Waals surface area contributed by atoms with Crippen LogP contribution in [0.25, 0.3) is 10.6 Å². The summed E-state index contributed by atoms with van der Waals surface area (Å²) in [5.41, 5.74) is 1.73. The van der Waals surface area contributed by atoms with E-state index in [9.17, 15) is 4.79 Å². The molecule has 1 aromatic heterocycles. The molecule has 0 fully saturated rings. The van der Waals surface area contributed by atoms with Crippen molar-refractivity contribution in [3.63, 3.8) is 0 Å². The highest BCUT2D eigenvalue weighted by Crippen LogP contribution is 2.32. The fourth-order valence-corrected chi connectivity index (χ4v) is 2.70. The number of nitrogens with zero attached hydrogens (tertiary/aromatic N) is 1. The van der Waals surface area contributed by atoms with Crippen molar-refractivity contribution in [1.29, 1.82) is 0 Å². The zero-order chi connectivity index (χ0) is 15.1. The maximum atomic E-state index is 11.7. The van der Waals surface area contributed by atoms with Crippen LogP contribution in [0.1, 0.15) is 12.6 Å². The molecule has 21 heavy (non-hydrogen) atoms. The highest BCUT2D eigenvalue weighted by Gasteiger charge is 2.11. The highest BCUT2D eigenvalue weighted by atomic mass is 32.1. The largest absolute Gasteiger partial charge is 0.493 e. The Balaban J connectivity index is 2.12. The van der Waals surface area contributed by atoms with Gasteiger partial charge in [-0.15, -0.1) is 17.9 Å². The van der Waals surface area contributed by atoms with Gasteiger partial charge in [0, 0.05) is 11.9 Å². The van der Waals surface area contributed by atoms with E-state index < -0.39 is 0 Å². The van der Waals surface area contributed by atoms with Crippen molar-refractivity contribution in [2.75, 3.05) is 13.2 Å². The van der Waals surface area contributed by atoms with Crippen LogP contribution in [0.5, 0.6) is 5.75 Å². The first-order chi connectivity index (χ1) is 10.2. The van der Waals surface area contributed by atoms with Crippen LogP contribution in [0.3, 0.4) is 0 Å². The van der Waals surface area contributed by atoms with Gasteiger partial charge in [0.2, 0.25) is 5.91 Å². The smallest absolute Gasteiger partial charge is 0.226 e. The minimum atomic E-state index is -0.0511. The Morgan fingerprint density at radius 1 is 1.48 bits per heavy atom. The number of aromatic nitrogens is 1. The summed E-state index contributed by atoms with van der Waals surface area (Å²) in [4.78, 5) is 16.2. The first-order valence-corrected chi connectivity index (χ1v) is 7.66. The number of benzene rings is 1. The summed E-state index contributed by atoms with van der Waals surface area (Å²) in [6.45, 7) is 6.61. The molecule has 1 aromatic carbocycles. The van der Waals surface area contributed by atoms with Gasteiger partial charge in [-0.25, -0.2) is 4.98 Å². The summed E-state index contributed by atoms with van der Waals surface area (Å²) in [6.07, 6.45) is 1.93. The molecule has 0 aliphatic rings. The predicted octanol–water partition coefficient (Wildman–Crippen LogP) is 3.05. The maximum absolute atomic E-state index is 11.7. The first-order valence-electron chi connectivity index (χ1n) is 6.78. The molecule has 4 nitrogen and oxygen atoms in total. The number of hydrogen-bond donors (Lipinski definition) is 1. The summed E-state index contributed by atoms with van der Waals surface area (Å²) in [5, 5.41) is 5.52. The molecule has 1 N–H and O–H groups in total. The van der Waals surface area contributed by atoms with Gasteiger partial charge in [-0.05, 0) is 19.1 Å². The lowest BCUT2D eigenvalue weighted by Crippen LogP contribution is -2.25. The zero-order valence-electron chi connectivity index (χ0n) is 12.0. The lowest BCUT2D eigenvalue weighted by Gasteiger charge is -2.07. The predicted molar refractivity (Wildman–Crippen MR) is 85.6 cm³/mol. The van der Waals surface area contributed by atoms with Crippen LogP contribution >= 0.6 is 11.3 Å². The Morgan fingerprint density at radius 2 is 2.29 bits per heavy atom. The molecule has 2 aromatic rings. The van der Waals surface area contributed by atoms with Crippen molar-refractivity contribution in [1.82, 2.24) is 10.3 Å². The Hall–Kier alpha value is -2.14. The molecular weight excluding hydrogens is 284 g/mol. The van der Waals surface area contributed by atoms with E-state index in [2.05, 4.69) is 16.9 Å². The normalized spacial score (nSPS) is 10.1. The molecule has 0 spiro atoms. The van der Waals surface area contributed by atoms with Crippen LogP contribution in [0.15, 0.2) is 42.3 Å². The van der Waals surface area contributed by atoms with Crippen molar-refractivity contribution in [2.45, 2.75) is 13.3 Å². The summed E-state index contributed by atoms with van der Waals surface area (Å²) in [7, 11) is 0. The van der Waals surface area contributed by atoms with Crippen molar-refractivity contribution >= 4 is 17.2 Å². The maximum Gasteiger partial charge on any atom is 0.226 e. The summed E-state index contributed by atoms with van der Waals surface area (Å²) < 4.78 is 5.61. The summed E-state index contributed by atoms with van der Waals surface area (Å²) >= 11 is 1.52. The second-order valence-corrected chi connectivity index (χ2v) is 5.20. The SMILES string of the molecule is C=CCNC(=O)Cc1csc(-c2ccccc2OCC)n1. The average molecular weight is 302 g/mol. The molecule has 0 radical (unpaired) electrons. The fourth-order valence-electron chi connectivity index (χ4n) is 1.85. The van der Waals surface area contributed by atoms with E-state index in [1.165, 1.54) is 11.3 Å². The lowest BCUT2D eigenvalue weighted by molar-refractivity contribution is -0.120. The van der Waals surface area contributed by atoms with Crippen molar-refractivity contribution in [3.8, 4) is 16.3 Å². The number of nitrogens with one attached hydrogen (secondary N) is 1. The second-order valence-electron chi connectivity index (χ2n) is 4.34. The Labute approximate surface area is 128 Å². The molecule has 1 amide bonds. The van der Waals surface area contributed by atoms with Gasteiger partial charge >= 0.3 is 0 Å². The third-order valence-electron chi connectivity index (χ3n) is 2.75. The number of para-hydroxylation sites is 1. The van der Waals surface area contributed by atoms with E-state index in [4.69, 9.17) is 4.74 Å². The Bertz CT molecular complexity index is 622. The standard InChI is InChI=1S/C16H18N2O2S/c1-3-9-17-15(19)10-12-11-21-16(18-12)13-7-5-6-8-14(13)20-4-2/h3,5-8,11H,1,4,9-10H2,2H3,(H,17,19). The molecule has 2 rings (SSSR count). The minimum Gasteiger partial charge on any atom is -0.493 e. The molecule has 0 atom stereocenters. The number of carbonyl (C=O) groups is 1. The fraction of sp³-hybridized carbons (Fsp3) is 0.250. The van der Waals surface area contributed by atoms with Gasteiger partial charge in [0.05, 0.1) is 24.3 Å². The lowest BCUT2D eigenvalue weighted by atomic mass is 10.2. The van der Waals surface area contributed by atoms with Crippen LogP contribution in [-0.2, 0) is 11.2 Å². The Morgan fingerprint density at radius 3 is 3.05 bits per heavy atom. The van der Waals surface area contributed by atoms with Gasteiger partial charge in [-0.3, -0.25) is 4.79 Å². The number of ether oxygens (including phenoxy) is 1. The number of hydrogen-bond acceptors (Lipinski definition) is 4. The van der Waals surface area contributed by atoms with Crippen LogP contribution in [0.4, 0.5) is 0 Å². The van der Waals surface area contributed by atoms with Gasteiger partial charge in [-0.2, -0.15) is 0 Å². The topological polar surface area (TPSA) is 51.2 Å². The summed E-state index contributed by atoms with van der Waals surface area (Å²) in [6, 6.07) is 7.80. The second kappa shape index (κ2) is 7.59. The van der Waals surface area contributed by atoms with Crippen molar-refractivity contribution < 1.29 is 9.53 Å². The van der Waals surface area contributed by atoms with Gasteiger partial charge in [0.1, 0.15) is 10.8 Å². The van der Waals surface area contributed by atoms with E-state index in [1.54, 1.807) is 6.08 Å². The van der Waals surface area contributed by atoms with E-state index in [0.29, 0.717) is 13.2 Å². The molecule has 0 saturated heterocycles. The number of thiazole rings is 1. The van der Waals surface area contributed by atoms with Crippen LogP contribution in [-0.4, -0.2) is 24.0 Å².